The molecule has 1 fully saturated rings. The quantitative estimate of drug-likeness (QED) is 0.853. The maximum Gasteiger partial charge on any atom is 0.245 e. The highest BCUT2D eigenvalue weighted by atomic mass is 32.2. The molecule has 21 heavy (non-hydrogen) atoms. The van der Waals surface area contributed by atoms with Crippen LogP contribution < -0.4 is 0 Å². The minimum atomic E-state index is -3.60. The van der Waals surface area contributed by atoms with Crippen molar-refractivity contribution in [1.82, 2.24) is 9.29 Å². The topological polar surface area (TPSA) is 50.3 Å². The van der Waals surface area contributed by atoms with E-state index in [4.69, 9.17) is 0 Å². The van der Waals surface area contributed by atoms with Crippen LogP contribution in [-0.2, 0) is 16.6 Å². The molecule has 0 atom stereocenters. The molecule has 110 valence electrons. The summed E-state index contributed by atoms with van der Waals surface area (Å²) < 4.78 is 40.1. The zero-order valence-corrected chi connectivity index (χ0v) is 12.1. The minimum absolute atomic E-state index is 0.00141. The van der Waals surface area contributed by atoms with Gasteiger partial charge in [0.1, 0.15) is 10.7 Å². The van der Waals surface area contributed by atoms with Crippen LogP contribution in [0.15, 0.2) is 53.7 Å². The fraction of sp³-hybridized carbons (Fsp3) is 0.267. The Morgan fingerprint density at radius 2 is 2.05 bits per heavy atom. The average Bonchev–Trinajstić information content (AvgIpc) is 3.30. The molecule has 0 aliphatic heterocycles. The van der Waals surface area contributed by atoms with Gasteiger partial charge in [0, 0.05) is 25.0 Å². The molecule has 0 spiro atoms. The molecule has 3 rings (SSSR count). The van der Waals surface area contributed by atoms with Crippen LogP contribution in [0.2, 0.25) is 0 Å². The first-order valence-electron chi connectivity index (χ1n) is 6.74. The van der Waals surface area contributed by atoms with Gasteiger partial charge in [-0.05, 0) is 42.7 Å². The van der Waals surface area contributed by atoms with Crippen LogP contribution in [0.25, 0.3) is 0 Å². The predicted octanol–water partition coefficient (Wildman–Crippen LogP) is 2.57. The molecule has 0 N–H and O–H groups in total. The Hall–Kier alpha value is -1.79. The highest BCUT2D eigenvalue weighted by molar-refractivity contribution is 7.89. The van der Waals surface area contributed by atoms with Gasteiger partial charge in [-0.15, -0.1) is 0 Å². The van der Waals surface area contributed by atoms with E-state index < -0.39 is 10.0 Å². The molecular weight excluding hydrogens is 291 g/mol. The summed E-state index contributed by atoms with van der Waals surface area (Å²) in [5.74, 6) is -0.359. The van der Waals surface area contributed by atoms with E-state index in [9.17, 15) is 12.8 Å². The summed E-state index contributed by atoms with van der Waals surface area (Å²) in [6.07, 6.45) is 4.56. The summed E-state index contributed by atoms with van der Waals surface area (Å²) in [6, 6.07) is 9.17. The fourth-order valence-corrected chi connectivity index (χ4v) is 3.86. The van der Waals surface area contributed by atoms with Crippen molar-refractivity contribution >= 4 is 10.0 Å². The highest BCUT2D eigenvalue weighted by Crippen LogP contribution is 2.33. The van der Waals surface area contributed by atoms with Crippen molar-refractivity contribution in [1.29, 1.82) is 0 Å². The molecule has 1 heterocycles. The van der Waals surface area contributed by atoms with E-state index in [1.807, 2.05) is 0 Å². The first-order chi connectivity index (χ1) is 10.1. The van der Waals surface area contributed by atoms with E-state index in [-0.39, 0.29) is 23.3 Å². The molecule has 0 saturated heterocycles. The average molecular weight is 306 g/mol. The first-order valence-corrected chi connectivity index (χ1v) is 8.18. The normalized spacial score (nSPS) is 15.3. The van der Waals surface area contributed by atoms with Crippen molar-refractivity contribution in [3.05, 3.63) is 60.2 Å². The van der Waals surface area contributed by atoms with Crippen molar-refractivity contribution in [3.63, 3.8) is 0 Å². The molecule has 0 bridgehead atoms. The van der Waals surface area contributed by atoms with Crippen LogP contribution in [0, 0.1) is 5.82 Å². The van der Waals surface area contributed by atoms with Gasteiger partial charge in [0.2, 0.25) is 10.0 Å². The molecule has 0 unspecified atom stereocenters. The third-order valence-corrected chi connectivity index (χ3v) is 5.30. The third kappa shape index (κ3) is 3.11. The summed E-state index contributed by atoms with van der Waals surface area (Å²) in [6.45, 7) is 0.180. The summed E-state index contributed by atoms with van der Waals surface area (Å²) in [5.41, 5.74) is 0.648. The van der Waals surface area contributed by atoms with E-state index in [0.29, 0.717) is 5.56 Å². The second kappa shape index (κ2) is 5.54. The lowest BCUT2D eigenvalue weighted by atomic mass is 10.2. The van der Waals surface area contributed by atoms with Gasteiger partial charge in [0.15, 0.2) is 0 Å². The van der Waals surface area contributed by atoms with Gasteiger partial charge in [0.05, 0.1) is 0 Å². The van der Waals surface area contributed by atoms with Gasteiger partial charge in [-0.25, -0.2) is 12.8 Å². The number of halogens is 1. The van der Waals surface area contributed by atoms with Crippen molar-refractivity contribution in [2.24, 2.45) is 0 Å². The molecule has 0 radical (unpaired) electrons. The van der Waals surface area contributed by atoms with Gasteiger partial charge in [-0.1, -0.05) is 12.1 Å². The lowest BCUT2D eigenvalue weighted by Crippen LogP contribution is -2.32. The Bertz CT molecular complexity index is 730. The molecule has 1 aliphatic carbocycles. The molecule has 4 nitrogen and oxygen atoms in total. The Kier molecular flexibility index (Phi) is 3.73. The predicted molar refractivity (Wildman–Crippen MR) is 76.4 cm³/mol. The van der Waals surface area contributed by atoms with Crippen LogP contribution in [0.4, 0.5) is 4.39 Å². The number of hydrogen-bond acceptors (Lipinski definition) is 3. The summed E-state index contributed by atoms with van der Waals surface area (Å²) in [7, 11) is -3.60. The van der Waals surface area contributed by atoms with E-state index in [1.165, 1.54) is 34.9 Å². The minimum Gasteiger partial charge on any atom is -0.263 e. The number of sulfonamides is 1. The highest BCUT2D eigenvalue weighted by Gasteiger charge is 2.38. The Morgan fingerprint density at radius 3 is 2.67 bits per heavy atom. The van der Waals surface area contributed by atoms with Gasteiger partial charge < -0.3 is 0 Å². The lowest BCUT2D eigenvalue weighted by molar-refractivity contribution is 0.397. The van der Waals surface area contributed by atoms with Crippen LogP contribution in [0.1, 0.15) is 18.4 Å². The number of benzene rings is 1. The third-order valence-electron chi connectivity index (χ3n) is 3.42. The standard InChI is InChI=1S/C15H15FN2O2S/c16-13-4-1-3-12(9-13)11-18(14-6-7-14)21(19,20)15-5-2-8-17-10-15/h1-5,8-10,14H,6-7,11H2. The molecule has 1 aromatic heterocycles. The molecule has 0 amide bonds. The molecule has 1 saturated carbocycles. The van der Waals surface area contributed by atoms with Crippen molar-refractivity contribution in [2.45, 2.75) is 30.3 Å². The van der Waals surface area contributed by atoms with E-state index >= 15 is 0 Å². The second-order valence-corrected chi connectivity index (χ2v) is 6.99. The Morgan fingerprint density at radius 1 is 1.24 bits per heavy atom. The number of hydrogen-bond donors (Lipinski definition) is 0. The second-order valence-electron chi connectivity index (χ2n) is 5.10. The zero-order chi connectivity index (χ0) is 14.9. The smallest absolute Gasteiger partial charge is 0.245 e. The molecular formula is C15H15FN2O2S. The van der Waals surface area contributed by atoms with Crippen molar-refractivity contribution < 1.29 is 12.8 Å². The van der Waals surface area contributed by atoms with Gasteiger partial charge >= 0.3 is 0 Å². The van der Waals surface area contributed by atoms with Crippen LogP contribution >= 0.6 is 0 Å². The van der Waals surface area contributed by atoms with E-state index in [1.54, 1.807) is 18.2 Å². The Labute approximate surface area is 123 Å². The number of aromatic nitrogens is 1. The monoisotopic (exact) mass is 306 g/mol. The maximum absolute atomic E-state index is 13.3. The van der Waals surface area contributed by atoms with Crippen molar-refractivity contribution in [2.75, 3.05) is 0 Å². The number of rotatable bonds is 5. The van der Waals surface area contributed by atoms with Gasteiger partial charge in [-0.3, -0.25) is 4.98 Å². The maximum atomic E-state index is 13.3. The molecule has 6 heteroatoms. The molecule has 1 aliphatic rings. The van der Waals surface area contributed by atoms with Gasteiger partial charge in [0.25, 0.3) is 0 Å². The van der Waals surface area contributed by atoms with Crippen LogP contribution in [0.3, 0.4) is 0 Å². The zero-order valence-electron chi connectivity index (χ0n) is 11.3. The van der Waals surface area contributed by atoms with E-state index in [2.05, 4.69) is 4.98 Å². The van der Waals surface area contributed by atoms with Crippen LogP contribution in [-0.4, -0.2) is 23.7 Å². The van der Waals surface area contributed by atoms with Gasteiger partial charge in [-0.2, -0.15) is 4.31 Å². The number of pyridine rings is 1. The lowest BCUT2D eigenvalue weighted by Gasteiger charge is -2.21. The summed E-state index contributed by atoms with van der Waals surface area (Å²) >= 11 is 0. The summed E-state index contributed by atoms with van der Waals surface area (Å²) in [4.78, 5) is 4.04. The van der Waals surface area contributed by atoms with Crippen LogP contribution in [0.5, 0.6) is 0 Å². The number of nitrogens with zero attached hydrogens (tertiary/aromatic N) is 2. The largest absolute Gasteiger partial charge is 0.263 e. The SMILES string of the molecule is O=S(=O)(c1cccnc1)N(Cc1cccc(F)c1)C1CC1. The van der Waals surface area contributed by atoms with E-state index in [0.717, 1.165) is 12.8 Å². The molecule has 2 aromatic rings. The fourth-order valence-electron chi connectivity index (χ4n) is 2.22. The van der Waals surface area contributed by atoms with Crippen molar-refractivity contribution in [3.8, 4) is 0 Å². The Balaban J connectivity index is 1.92. The molecule has 1 aromatic carbocycles. The summed E-state index contributed by atoms with van der Waals surface area (Å²) in [5, 5.41) is 0. The first kappa shape index (κ1) is 14.2.